The fraction of sp³-hybridized carbons (Fsp3) is 0.571. The van der Waals surface area contributed by atoms with Gasteiger partial charge >= 0.3 is 0 Å². The van der Waals surface area contributed by atoms with Gasteiger partial charge in [0.25, 0.3) is 0 Å². The van der Waals surface area contributed by atoms with Crippen molar-refractivity contribution in [3.8, 4) is 0 Å². The SMILES string of the molecule is CCOC1CCN(Cc2cccnc2C(=N)N)CC1. The highest BCUT2D eigenvalue weighted by Crippen LogP contribution is 2.17. The van der Waals surface area contributed by atoms with Gasteiger partial charge in [0.05, 0.1) is 6.10 Å². The third-order valence-electron chi connectivity index (χ3n) is 3.48. The summed E-state index contributed by atoms with van der Waals surface area (Å²) in [6, 6.07) is 3.90. The van der Waals surface area contributed by atoms with Gasteiger partial charge in [-0.2, -0.15) is 0 Å². The molecule has 19 heavy (non-hydrogen) atoms. The zero-order valence-corrected chi connectivity index (χ0v) is 11.4. The van der Waals surface area contributed by atoms with Crippen LogP contribution in [0.25, 0.3) is 0 Å². The number of nitrogens with two attached hydrogens (primary N) is 1. The van der Waals surface area contributed by atoms with Crippen molar-refractivity contribution in [2.24, 2.45) is 5.73 Å². The molecule has 0 spiro atoms. The Morgan fingerprint density at radius 2 is 2.26 bits per heavy atom. The predicted octanol–water partition coefficient (Wildman–Crippen LogP) is 1.37. The summed E-state index contributed by atoms with van der Waals surface area (Å²) >= 11 is 0. The quantitative estimate of drug-likeness (QED) is 0.620. The molecule has 0 radical (unpaired) electrons. The van der Waals surface area contributed by atoms with Crippen LogP contribution in [0.15, 0.2) is 18.3 Å². The summed E-state index contributed by atoms with van der Waals surface area (Å²) in [7, 11) is 0. The minimum atomic E-state index is 0.0415. The van der Waals surface area contributed by atoms with Gasteiger partial charge in [0, 0.05) is 32.4 Å². The summed E-state index contributed by atoms with van der Waals surface area (Å²) in [5.41, 5.74) is 7.20. The van der Waals surface area contributed by atoms with Crippen LogP contribution in [0.4, 0.5) is 0 Å². The van der Waals surface area contributed by atoms with Crippen LogP contribution in [-0.2, 0) is 11.3 Å². The Labute approximate surface area is 114 Å². The molecular formula is C14H22N4O. The standard InChI is InChI=1S/C14H22N4O/c1-2-19-12-5-8-18(9-6-12)10-11-4-3-7-17-13(11)14(15)16/h3-4,7,12H,2,5-6,8-10H2,1H3,(H3,15,16). The lowest BCUT2D eigenvalue weighted by atomic mass is 10.1. The van der Waals surface area contributed by atoms with Gasteiger partial charge in [-0.25, -0.2) is 0 Å². The molecule has 1 aromatic rings. The van der Waals surface area contributed by atoms with Crippen molar-refractivity contribution in [2.45, 2.75) is 32.4 Å². The maximum Gasteiger partial charge on any atom is 0.142 e. The van der Waals surface area contributed by atoms with Crippen molar-refractivity contribution < 1.29 is 4.74 Å². The first kappa shape index (κ1) is 14.0. The lowest BCUT2D eigenvalue weighted by Crippen LogP contribution is -2.37. The van der Waals surface area contributed by atoms with E-state index in [1.807, 2.05) is 19.1 Å². The number of nitrogens with zero attached hydrogens (tertiary/aromatic N) is 2. The summed E-state index contributed by atoms with van der Waals surface area (Å²) in [5.74, 6) is 0.0415. The molecule has 0 bridgehead atoms. The topological polar surface area (TPSA) is 75.2 Å². The van der Waals surface area contributed by atoms with Gasteiger partial charge in [0.1, 0.15) is 11.5 Å². The van der Waals surface area contributed by atoms with E-state index in [-0.39, 0.29) is 5.84 Å². The number of nitrogen functional groups attached to an aromatic ring is 1. The van der Waals surface area contributed by atoms with Gasteiger partial charge in [-0.05, 0) is 31.4 Å². The fourth-order valence-corrected chi connectivity index (χ4v) is 2.52. The van der Waals surface area contributed by atoms with Gasteiger partial charge in [0.15, 0.2) is 0 Å². The van der Waals surface area contributed by atoms with Crippen LogP contribution in [0.1, 0.15) is 31.0 Å². The Balaban J connectivity index is 1.94. The second-order valence-electron chi connectivity index (χ2n) is 4.86. The molecule has 5 nitrogen and oxygen atoms in total. The van der Waals surface area contributed by atoms with E-state index in [2.05, 4.69) is 9.88 Å². The molecule has 0 aromatic carbocycles. The molecule has 1 saturated heterocycles. The second-order valence-corrected chi connectivity index (χ2v) is 4.86. The summed E-state index contributed by atoms with van der Waals surface area (Å²) in [4.78, 5) is 6.56. The Morgan fingerprint density at radius 1 is 1.53 bits per heavy atom. The largest absolute Gasteiger partial charge is 0.382 e. The summed E-state index contributed by atoms with van der Waals surface area (Å²) < 4.78 is 5.65. The number of hydrogen-bond donors (Lipinski definition) is 2. The number of piperidine rings is 1. The van der Waals surface area contributed by atoms with E-state index in [9.17, 15) is 0 Å². The van der Waals surface area contributed by atoms with E-state index >= 15 is 0 Å². The highest BCUT2D eigenvalue weighted by atomic mass is 16.5. The van der Waals surface area contributed by atoms with Gasteiger partial charge in [0.2, 0.25) is 0 Å². The first-order valence-electron chi connectivity index (χ1n) is 6.83. The number of ether oxygens (including phenoxy) is 1. The first-order valence-corrected chi connectivity index (χ1v) is 6.83. The molecule has 0 aliphatic carbocycles. The van der Waals surface area contributed by atoms with Crippen LogP contribution in [0.5, 0.6) is 0 Å². The van der Waals surface area contributed by atoms with Gasteiger partial charge in [-0.1, -0.05) is 6.07 Å². The van der Waals surface area contributed by atoms with Crippen molar-refractivity contribution in [2.75, 3.05) is 19.7 Å². The molecule has 0 amide bonds. The van der Waals surface area contributed by atoms with Crippen molar-refractivity contribution in [3.63, 3.8) is 0 Å². The molecule has 1 fully saturated rings. The van der Waals surface area contributed by atoms with Crippen LogP contribution < -0.4 is 5.73 Å². The fourth-order valence-electron chi connectivity index (χ4n) is 2.52. The lowest BCUT2D eigenvalue weighted by Gasteiger charge is -2.31. The van der Waals surface area contributed by atoms with Gasteiger partial charge in [-0.15, -0.1) is 0 Å². The average molecular weight is 262 g/mol. The molecule has 0 atom stereocenters. The van der Waals surface area contributed by atoms with Crippen LogP contribution in [-0.4, -0.2) is 41.5 Å². The smallest absolute Gasteiger partial charge is 0.142 e. The van der Waals surface area contributed by atoms with Crippen LogP contribution in [0.2, 0.25) is 0 Å². The molecule has 0 saturated carbocycles. The van der Waals surface area contributed by atoms with E-state index in [0.717, 1.165) is 44.6 Å². The maximum atomic E-state index is 7.56. The Kier molecular flexibility index (Phi) is 4.87. The average Bonchev–Trinajstić information content (AvgIpc) is 2.42. The molecule has 0 unspecified atom stereocenters. The van der Waals surface area contributed by atoms with E-state index in [1.54, 1.807) is 6.20 Å². The summed E-state index contributed by atoms with van der Waals surface area (Å²) in [6.07, 6.45) is 4.23. The van der Waals surface area contributed by atoms with Crippen LogP contribution >= 0.6 is 0 Å². The van der Waals surface area contributed by atoms with Crippen molar-refractivity contribution >= 4 is 5.84 Å². The Bertz CT molecular complexity index is 427. The molecular weight excluding hydrogens is 240 g/mol. The number of aromatic nitrogens is 1. The number of hydrogen-bond acceptors (Lipinski definition) is 4. The van der Waals surface area contributed by atoms with E-state index in [1.165, 1.54) is 0 Å². The summed E-state index contributed by atoms with van der Waals surface area (Å²) in [6.45, 7) is 5.69. The third-order valence-corrected chi connectivity index (χ3v) is 3.48. The molecule has 3 N–H and O–H groups in total. The van der Waals surface area contributed by atoms with Crippen molar-refractivity contribution in [1.82, 2.24) is 9.88 Å². The normalized spacial score (nSPS) is 17.5. The van der Waals surface area contributed by atoms with Crippen molar-refractivity contribution in [1.29, 1.82) is 5.41 Å². The molecule has 2 rings (SSSR count). The molecule has 104 valence electrons. The number of amidine groups is 1. The second kappa shape index (κ2) is 6.63. The van der Waals surface area contributed by atoms with E-state index in [4.69, 9.17) is 15.9 Å². The van der Waals surface area contributed by atoms with E-state index in [0.29, 0.717) is 11.8 Å². The molecule has 2 heterocycles. The number of rotatable bonds is 5. The minimum absolute atomic E-state index is 0.0415. The molecule has 1 aliphatic heterocycles. The highest BCUT2D eigenvalue weighted by molar-refractivity contribution is 5.94. The molecule has 1 aliphatic rings. The number of pyridine rings is 1. The van der Waals surface area contributed by atoms with Gasteiger partial charge in [-0.3, -0.25) is 15.3 Å². The number of likely N-dealkylation sites (tertiary alicyclic amines) is 1. The Morgan fingerprint density at radius 3 is 2.89 bits per heavy atom. The van der Waals surface area contributed by atoms with Crippen molar-refractivity contribution in [3.05, 3.63) is 29.6 Å². The zero-order valence-electron chi connectivity index (χ0n) is 11.4. The van der Waals surface area contributed by atoms with Crippen LogP contribution in [0.3, 0.4) is 0 Å². The third kappa shape index (κ3) is 3.75. The lowest BCUT2D eigenvalue weighted by molar-refractivity contribution is 0.0125. The monoisotopic (exact) mass is 262 g/mol. The van der Waals surface area contributed by atoms with Crippen LogP contribution in [0, 0.1) is 5.41 Å². The maximum absolute atomic E-state index is 7.56. The minimum Gasteiger partial charge on any atom is -0.382 e. The number of nitrogens with one attached hydrogen (secondary N) is 1. The highest BCUT2D eigenvalue weighted by Gasteiger charge is 2.20. The molecule has 5 heteroatoms. The van der Waals surface area contributed by atoms with Gasteiger partial charge < -0.3 is 10.5 Å². The predicted molar refractivity (Wildman–Crippen MR) is 75.2 cm³/mol. The first-order chi connectivity index (χ1) is 9.20. The Hall–Kier alpha value is -1.46. The zero-order chi connectivity index (χ0) is 13.7. The molecule has 1 aromatic heterocycles. The van der Waals surface area contributed by atoms with E-state index < -0.39 is 0 Å². The summed E-state index contributed by atoms with van der Waals surface area (Å²) in [5, 5.41) is 7.56.